The van der Waals surface area contributed by atoms with Gasteiger partial charge in [0.15, 0.2) is 0 Å². The number of nitrogens with one attached hydrogen (secondary N) is 2. The largest absolute Gasteiger partial charge is 0.321 e. The number of amides is 1. The van der Waals surface area contributed by atoms with Gasteiger partial charge in [-0.2, -0.15) is 10.4 Å². The first-order chi connectivity index (χ1) is 8.20. The molecule has 0 saturated carbocycles. The molecule has 2 N–H and O–H groups in total. The van der Waals surface area contributed by atoms with Crippen LogP contribution < -0.4 is 5.32 Å². The SMILES string of the molecule is N#Cc1ccc(Cl)cc1NC(=O)c1cn[nH]c1. The van der Waals surface area contributed by atoms with Crippen LogP contribution in [0, 0.1) is 11.3 Å². The normalized spacial score (nSPS) is 9.65. The Hall–Kier alpha value is -2.32. The second kappa shape index (κ2) is 4.68. The van der Waals surface area contributed by atoms with Crippen LogP contribution in [-0.2, 0) is 0 Å². The minimum atomic E-state index is -0.350. The van der Waals surface area contributed by atoms with Crippen LogP contribution in [0.1, 0.15) is 15.9 Å². The molecule has 2 rings (SSSR count). The van der Waals surface area contributed by atoms with Gasteiger partial charge in [0.05, 0.1) is 23.0 Å². The first kappa shape index (κ1) is 11.2. The van der Waals surface area contributed by atoms with Crippen LogP contribution in [0.15, 0.2) is 30.6 Å². The molecule has 0 aliphatic heterocycles. The summed E-state index contributed by atoms with van der Waals surface area (Å²) in [4.78, 5) is 11.7. The van der Waals surface area contributed by atoms with Gasteiger partial charge in [-0.25, -0.2) is 0 Å². The number of halogens is 1. The Bertz CT molecular complexity index is 586. The highest BCUT2D eigenvalue weighted by molar-refractivity contribution is 6.31. The van der Waals surface area contributed by atoms with Crippen molar-refractivity contribution in [1.82, 2.24) is 10.2 Å². The average molecular weight is 247 g/mol. The van der Waals surface area contributed by atoms with Crippen LogP contribution >= 0.6 is 11.6 Å². The average Bonchev–Trinajstić information content (AvgIpc) is 2.83. The summed E-state index contributed by atoms with van der Waals surface area (Å²) in [5, 5.41) is 18.1. The predicted molar refractivity (Wildman–Crippen MR) is 62.7 cm³/mol. The van der Waals surface area contributed by atoms with Gasteiger partial charge in [0.25, 0.3) is 5.91 Å². The van der Waals surface area contributed by atoms with Crippen molar-refractivity contribution in [2.24, 2.45) is 0 Å². The van der Waals surface area contributed by atoms with Crippen molar-refractivity contribution in [1.29, 1.82) is 5.26 Å². The molecule has 17 heavy (non-hydrogen) atoms. The lowest BCUT2D eigenvalue weighted by Crippen LogP contribution is -2.12. The fourth-order valence-corrected chi connectivity index (χ4v) is 1.46. The molecule has 1 aromatic carbocycles. The van der Waals surface area contributed by atoms with E-state index in [-0.39, 0.29) is 5.91 Å². The molecule has 1 heterocycles. The summed E-state index contributed by atoms with van der Waals surface area (Å²) >= 11 is 5.80. The molecule has 6 heteroatoms. The molecule has 1 aromatic heterocycles. The number of hydrogen-bond acceptors (Lipinski definition) is 3. The van der Waals surface area contributed by atoms with E-state index in [1.807, 2.05) is 6.07 Å². The van der Waals surface area contributed by atoms with Gasteiger partial charge in [-0.3, -0.25) is 9.89 Å². The Kier molecular flexibility index (Phi) is 3.08. The van der Waals surface area contributed by atoms with Gasteiger partial charge < -0.3 is 5.32 Å². The number of carbonyl (C=O) groups excluding carboxylic acids is 1. The molecule has 0 fully saturated rings. The maximum absolute atomic E-state index is 11.7. The summed E-state index contributed by atoms with van der Waals surface area (Å²) in [6.07, 6.45) is 2.86. The number of nitriles is 1. The third kappa shape index (κ3) is 2.44. The van der Waals surface area contributed by atoms with Crippen molar-refractivity contribution in [2.45, 2.75) is 0 Å². The summed E-state index contributed by atoms with van der Waals surface area (Å²) < 4.78 is 0. The smallest absolute Gasteiger partial charge is 0.258 e. The molecule has 1 amide bonds. The lowest BCUT2D eigenvalue weighted by atomic mass is 10.2. The molecule has 2 aromatic rings. The van der Waals surface area contributed by atoms with E-state index >= 15 is 0 Å². The Labute approximate surface area is 102 Å². The molecule has 0 aliphatic rings. The number of H-pyrrole nitrogens is 1. The molecular formula is C11H7ClN4O. The topological polar surface area (TPSA) is 81.6 Å². The fourth-order valence-electron chi connectivity index (χ4n) is 1.29. The van der Waals surface area contributed by atoms with E-state index in [0.717, 1.165) is 0 Å². The van der Waals surface area contributed by atoms with E-state index in [2.05, 4.69) is 15.5 Å². The number of hydrogen-bond donors (Lipinski definition) is 2. The van der Waals surface area contributed by atoms with Gasteiger partial charge in [-0.15, -0.1) is 0 Å². The lowest BCUT2D eigenvalue weighted by Gasteiger charge is -2.05. The quantitative estimate of drug-likeness (QED) is 0.852. The summed E-state index contributed by atoms with van der Waals surface area (Å²) in [5.41, 5.74) is 1.12. The van der Waals surface area contributed by atoms with Crippen LogP contribution in [0.3, 0.4) is 0 Å². The molecule has 84 valence electrons. The molecule has 0 aliphatic carbocycles. The van der Waals surface area contributed by atoms with Crippen LogP contribution in [0.4, 0.5) is 5.69 Å². The minimum absolute atomic E-state index is 0.350. The minimum Gasteiger partial charge on any atom is -0.321 e. The van der Waals surface area contributed by atoms with Crippen LogP contribution in [0.25, 0.3) is 0 Å². The van der Waals surface area contributed by atoms with Crippen molar-refractivity contribution in [3.05, 3.63) is 46.7 Å². The van der Waals surface area contributed by atoms with E-state index in [0.29, 0.717) is 21.8 Å². The maximum Gasteiger partial charge on any atom is 0.258 e. The number of benzene rings is 1. The number of anilines is 1. The number of rotatable bonds is 2. The van der Waals surface area contributed by atoms with Crippen molar-refractivity contribution in [3.8, 4) is 6.07 Å². The highest BCUT2D eigenvalue weighted by Gasteiger charge is 2.10. The van der Waals surface area contributed by atoms with Crippen LogP contribution in [0.2, 0.25) is 5.02 Å². The standard InChI is InChI=1S/C11H7ClN4O/c12-9-2-1-7(4-13)10(3-9)16-11(17)8-5-14-15-6-8/h1-3,5-6H,(H,14,15)(H,16,17). The van der Waals surface area contributed by atoms with E-state index in [1.54, 1.807) is 12.1 Å². The van der Waals surface area contributed by atoms with E-state index in [1.165, 1.54) is 18.5 Å². The van der Waals surface area contributed by atoms with E-state index < -0.39 is 0 Å². The van der Waals surface area contributed by atoms with Gasteiger partial charge in [-0.1, -0.05) is 11.6 Å². The second-order valence-corrected chi connectivity index (χ2v) is 3.68. The van der Waals surface area contributed by atoms with Gasteiger partial charge in [-0.05, 0) is 18.2 Å². The Morgan fingerprint density at radius 3 is 3.00 bits per heavy atom. The Balaban J connectivity index is 2.27. The second-order valence-electron chi connectivity index (χ2n) is 3.24. The zero-order valence-electron chi connectivity index (χ0n) is 8.57. The Morgan fingerprint density at radius 2 is 2.35 bits per heavy atom. The van der Waals surface area contributed by atoms with Gasteiger partial charge >= 0.3 is 0 Å². The highest BCUT2D eigenvalue weighted by atomic mass is 35.5. The van der Waals surface area contributed by atoms with Crippen LogP contribution in [0.5, 0.6) is 0 Å². The fraction of sp³-hybridized carbons (Fsp3) is 0. The first-order valence-electron chi connectivity index (χ1n) is 4.70. The van der Waals surface area contributed by atoms with Crippen molar-refractivity contribution in [2.75, 3.05) is 5.32 Å². The Morgan fingerprint density at radius 1 is 1.53 bits per heavy atom. The van der Waals surface area contributed by atoms with Gasteiger partial charge in [0.2, 0.25) is 0 Å². The molecule has 0 saturated heterocycles. The van der Waals surface area contributed by atoms with E-state index in [9.17, 15) is 4.79 Å². The summed E-state index contributed by atoms with van der Waals surface area (Å²) in [6.45, 7) is 0. The number of aromatic nitrogens is 2. The molecule has 0 spiro atoms. The summed E-state index contributed by atoms with van der Waals surface area (Å²) in [6, 6.07) is 6.64. The number of nitrogens with zero attached hydrogens (tertiary/aromatic N) is 2. The zero-order chi connectivity index (χ0) is 12.3. The molecule has 0 radical (unpaired) electrons. The maximum atomic E-state index is 11.7. The predicted octanol–water partition coefficient (Wildman–Crippen LogP) is 2.19. The van der Waals surface area contributed by atoms with Crippen molar-refractivity contribution >= 4 is 23.2 Å². The molecular weight excluding hydrogens is 240 g/mol. The lowest BCUT2D eigenvalue weighted by molar-refractivity contribution is 0.102. The first-order valence-corrected chi connectivity index (χ1v) is 5.08. The van der Waals surface area contributed by atoms with Gasteiger partial charge in [0.1, 0.15) is 6.07 Å². The van der Waals surface area contributed by atoms with Crippen molar-refractivity contribution < 1.29 is 4.79 Å². The van der Waals surface area contributed by atoms with Crippen molar-refractivity contribution in [3.63, 3.8) is 0 Å². The molecule has 0 atom stereocenters. The summed E-state index contributed by atoms with van der Waals surface area (Å²) in [7, 11) is 0. The van der Waals surface area contributed by atoms with Crippen LogP contribution in [-0.4, -0.2) is 16.1 Å². The molecule has 5 nitrogen and oxygen atoms in total. The summed E-state index contributed by atoms with van der Waals surface area (Å²) in [5.74, 6) is -0.350. The third-order valence-corrected chi connectivity index (χ3v) is 2.35. The number of aromatic amines is 1. The number of carbonyl (C=O) groups is 1. The molecule has 0 bridgehead atoms. The van der Waals surface area contributed by atoms with E-state index in [4.69, 9.17) is 16.9 Å². The molecule has 0 unspecified atom stereocenters. The highest BCUT2D eigenvalue weighted by Crippen LogP contribution is 2.20. The third-order valence-electron chi connectivity index (χ3n) is 2.11. The zero-order valence-corrected chi connectivity index (χ0v) is 9.32. The monoisotopic (exact) mass is 246 g/mol. The van der Waals surface area contributed by atoms with Gasteiger partial charge in [0, 0.05) is 11.2 Å².